The van der Waals surface area contributed by atoms with E-state index >= 15 is 0 Å². The van der Waals surface area contributed by atoms with Gasteiger partial charge in [-0.3, -0.25) is 4.68 Å². The molecule has 0 aliphatic heterocycles. The zero-order valence-electron chi connectivity index (χ0n) is 8.70. The zero-order chi connectivity index (χ0) is 10.1. The lowest BCUT2D eigenvalue weighted by Crippen LogP contribution is -2.07. The lowest BCUT2D eigenvalue weighted by atomic mass is 9.89. The number of nitrogens with zero attached hydrogens (tertiary/aromatic N) is 3. The van der Waals surface area contributed by atoms with Gasteiger partial charge in [-0.15, -0.1) is 0 Å². The van der Waals surface area contributed by atoms with Gasteiger partial charge in [-0.2, -0.15) is 10.4 Å². The SMILES string of the molecule is CC(C)n1cc2c(n1)C(C#N)CCC2. The average Bonchev–Trinajstić information content (AvgIpc) is 2.60. The van der Waals surface area contributed by atoms with Crippen molar-refractivity contribution >= 4 is 0 Å². The molecule has 1 heterocycles. The maximum Gasteiger partial charge on any atom is 0.0906 e. The van der Waals surface area contributed by atoms with E-state index in [9.17, 15) is 0 Å². The van der Waals surface area contributed by atoms with Crippen molar-refractivity contribution in [1.82, 2.24) is 9.78 Å². The van der Waals surface area contributed by atoms with E-state index in [-0.39, 0.29) is 5.92 Å². The quantitative estimate of drug-likeness (QED) is 0.680. The summed E-state index contributed by atoms with van der Waals surface area (Å²) < 4.78 is 1.97. The van der Waals surface area contributed by atoms with E-state index in [1.54, 1.807) is 0 Å². The van der Waals surface area contributed by atoms with Gasteiger partial charge >= 0.3 is 0 Å². The van der Waals surface area contributed by atoms with Gasteiger partial charge in [0.1, 0.15) is 0 Å². The second-order valence-corrected chi connectivity index (χ2v) is 4.19. The van der Waals surface area contributed by atoms with Gasteiger partial charge in [0.25, 0.3) is 0 Å². The van der Waals surface area contributed by atoms with Crippen molar-refractivity contribution in [1.29, 1.82) is 5.26 Å². The van der Waals surface area contributed by atoms with Crippen LogP contribution in [0.5, 0.6) is 0 Å². The molecular weight excluding hydrogens is 174 g/mol. The monoisotopic (exact) mass is 189 g/mol. The summed E-state index contributed by atoms with van der Waals surface area (Å²) in [6.45, 7) is 4.22. The highest BCUT2D eigenvalue weighted by molar-refractivity contribution is 5.28. The van der Waals surface area contributed by atoms with E-state index in [4.69, 9.17) is 5.26 Å². The lowest BCUT2D eigenvalue weighted by Gasteiger charge is -2.13. The first-order chi connectivity index (χ1) is 6.72. The Morgan fingerprint density at radius 2 is 2.43 bits per heavy atom. The molecule has 3 nitrogen and oxygen atoms in total. The van der Waals surface area contributed by atoms with Crippen LogP contribution >= 0.6 is 0 Å². The first-order valence-corrected chi connectivity index (χ1v) is 5.20. The third-order valence-electron chi connectivity index (χ3n) is 2.79. The molecule has 0 aromatic carbocycles. The van der Waals surface area contributed by atoms with Crippen molar-refractivity contribution in [2.45, 2.75) is 45.1 Å². The molecule has 1 atom stereocenters. The smallest absolute Gasteiger partial charge is 0.0906 e. The molecule has 2 rings (SSSR count). The minimum atomic E-state index is 0.0266. The van der Waals surface area contributed by atoms with Crippen molar-refractivity contribution in [3.8, 4) is 6.07 Å². The summed E-state index contributed by atoms with van der Waals surface area (Å²) in [5, 5.41) is 13.5. The summed E-state index contributed by atoms with van der Waals surface area (Å²) >= 11 is 0. The molecule has 0 saturated heterocycles. The van der Waals surface area contributed by atoms with Crippen LogP contribution < -0.4 is 0 Å². The largest absolute Gasteiger partial charge is 0.270 e. The van der Waals surface area contributed by atoms with Crippen LogP contribution in [0.1, 0.15) is 49.9 Å². The second kappa shape index (κ2) is 3.45. The van der Waals surface area contributed by atoms with Crippen molar-refractivity contribution in [3.63, 3.8) is 0 Å². The first-order valence-electron chi connectivity index (χ1n) is 5.20. The predicted octanol–water partition coefficient (Wildman–Crippen LogP) is 2.41. The van der Waals surface area contributed by atoms with E-state index in [1.807, 2.05) is 4.68 Å². The van der Waals surface area contributed by atoms with Crippen LogP contribution in [0.3, 0.4) is 0 Å². The topological polar surface area (TPSA) is 41.6 Å². The molecule has 0 saturated carbocycles. The molecule has 1 aliphatic carbocycles. The van der Waals surface area contributed by atoms with Crippen molar-refractivity contribution in [2.24, 2.45) is 0 Å². The maximum atomic E-state index is 8.99. The number of aryl methyl sites for hydroxylation is 1. The molecule has 1 aromatic heterocycles. The Hall–Kier alpha value is -1.30. The Kier molecular flexibility index (Phi) is 2.28. The van der Waals surface area contributed by atoms with E-state index in [2.05, 4.69) is 31.2 Å². The third-order valence-corrected chi connectivity index (χ3v) is 2.79. The Morgan fingerprint density at radius 3 is 3.07 bits per heavy atom. The molecular formula is C11H15N3. The molecule has 14 heavy (non-hydrogen) atoms. The Labute approximate surface area is 84.3 Å². The Morgan fingerprint density at radius 1 is 1.64 bits per heavy atom. The third kappa shape index (κ3) is 1.41. The van der Waals surface area contributed by atoms with Gasteiger partial charge in [-0.05, 0) is 38.7 Å². The van der Waals surface area contributed by atoms with Crippen LogP contribution in [-0.4, -0.2) is 9.78 Å². The fourth-order valence-corrected chi connectivity index (χ4v) is 1.95. The molecule has 0 radical (unpaired) electrons. The average molecular weight is 189 g/mol. The number of fused-ring (bicyclic) bond motifs is 1. The number of nitriles is 1. The molecule has 1 aliphatic rings. The van der Waals surface area contributed by atoms with Crippen LogP contribution in [0.15, 0.2) is 6.20 Å². The molecule has 1 aromatic rings. The van der Waals surface area contributed by atoms with Gasteiger partial charge in [-0.1, -0.05) is 0 Å². The maximum absolute atomic E-state index is 8.99. The number of aromatic nitrogens is 2. The minimum absolute atomic E-state index is 0.0266. The molecule has 0 N–H and O–H groups in total. The summed E-state index contributed by atoms with van der Waals surface area (Å²) in [5.41, 5.74) is 2.30. The molecule has 0 amide bonds. The predicted molar refractivity (Wildman–Crippen MR) is 53.9 cm³/mol. The van der Waals surface area contributed by atoms with E-state index in [0.717, 1.165) is 25.0 Å². The highest BCUT2D eigenvalue weighted by Crippen LogP contribution is 2.30. The molecule has 3 heteroatoms. The zero-order valence-corrected chi connectivity index (χ0v) is 8.70. The highest BCUT2D eigenvalue weighted by Gasteiger charge is 2.23. The van der Waals surface area contributed by atoms with Crippen molar-refractivity contribution in [2.75, 3.05) is 0 Å². The number of rotatable bonds is 1. The van der Waals surface area contributed by atoms with Gasteiger partial charge in [0.2, 0.25) is 0 Å². The van der Waals surface area contributed by atoms with Gasteiger partial charge in [0, 0.05) is 12.2 Å². The van der Waals surface area contributed by atoms with Gasteiger partial charge in [0.15, 0.2) is 0 Å². The fraction of sp³-hybridized carbons (Fsp3) is 0.636. The molecule has 0 spiro atoms. The van der Waals surface area contributed by atoms with Crippen LogP contribution in [0.2, 0.25) is 0 Å². The van der Waals surface area contributed by atoms with Crippen LogP contribution in [0, 0.1) is 11.3 Å². The van der Waals surface area contributed by atoms with Crippen molar-refractivity contribution < 1.29 is 0 Å². The molecule has 74 valence electrons. The van der Waals surface area contributed by atoms with Crippen LogP contribution in [-0.2, 0) is 6.42 Å². The Balaban J connectivity index is 2.39. The molecule has 0 fully saturated rings. The van der Waals surface area contributed by atoms with E-state index in [0.29, 0.717) is 6.04 Å². The summed E-state index contributed by atoms with van der Waals surface area (Å²) in [7, 11) is 0. The Bertz CT molecular complexity index is 370. The van der Waals surface area contributed by atoms with Gasteiger partial charge < -0.3 is 0 Å². The molecule has 1 unspecified atom stereocenters. The summed E-state index contributed by atoms with van der Waals surface area (Å²) in [6.07, 6.45) is 5.28. The highest BCUT2D eigenvalue weighted by atomic mass is 15.3. The van der Waals surface area contributed by atoms with Crippen LogP contribution in [0.25, 0.3) is 0 Å². The van der Waals surface area contributed by atoms with E-state index in [1.165, 1.54) is 5.56 Å². The minimum Gasteiger partial charge on any atom is -0.270 e. The summed E-state index contributed by atoms with van der Waals surface area (Å²) in [4.78, 5) is 0. The first kappa shape index (κ1) is 9.26. The van der Waals surface area contributed by atoms with E-state index < -0.39 is 0 Å². The van der Waals surface area contributed by atoms with Crippen molar-refractivity contribution in [3.05, 3.63) is 17.5 Å². The molecule has 0 bridgehead atoms. The van der Waals surface area contributed by atoms with Gasteiger partial charge in [-0.25, -0.2) is 0 Å². The van der Waals surface area contributed by atoms with Crippen LogP contribution in [0.4, 0.5) is 0 Å². The standard InChI is InChI=1S/C11H15N3/c1-8(2)14-7-10-5-3-4-9(6-12)11(10)13-14/h7-9H,3-5H2,1-2H3. The number of hydrogen-bond donors (Lipinski definition) is 0. The normalized spacial score (nSPS) is 20.6. The number of hydrogen-bond acceptors (Lipinski definition) is 2. The second-order valence-electron chi connectivity index (χ2n) is 4.19. The fourth-order valence-electron chi connectivity index (χ4n) is 1.95. The lowest BCUT2D eigenvalue weighted by molar-refractivity contribution is 0.521. The van der Waals surface area contributed by atoms with Gasteiger partial charge in [0.05, 0.1) is 17.7 Å². The summed E-state index contributed by atoms with van der Waals surface area (Å²) in [6, 6.07) is 2.73. The summed E-state index contributed by atoms with van der Waals surface area (Å²) in [5.74, 6) is 0.0266.